The summed E-state index contributed by atoms with van der Waals surface area (Å²) in [4.78, 5) is 11.6. The molecule has 0 N–H and O–H groups in total. The lowest BCUT2D eigenvalue weighted by Gasteiger charge is -2.32. The second kappa shape index (κ2) is 6.66. The van der Waals surface area contributed by atoms with E-state index in [1.807, 2.05) is 34.6 Å². The molecule has 1 atom stereocenters. The van der Waals surface area contributed by atoms with Crippen LogP contribution in [0.4, 0.5) is 0 Å². The number of hydrogen-bond donors (Lipinski definition) is 0. The summed E-state index contributed by atoms with van der Waals surface area (Å²) in [5.41, 5.74) is -0.624. The molecule has 4 heteroatoms. The lowest BCUT2D eigenvalue weighted by molar-refractivity contribution is -0.114. The summed E-state index contributed by atoms with van der Waals surface area (Å²) < 4.78 is 12.0. The second-order valence-electron chi connectivity index (χ2n) is 7.46. The van der Waals surface area contributed by atoms with E-state index in [4.69, 9.17) is 9.31 Å². The van der Waals surface area contributed by atoms with Gasteiger partial charge >= 0.3 is 7.12 Å². The van der Waals surface area contributed by atoms with Crippen LogP contribution in [0.15, 0.2) is 12.1 Å². The number of unbranched alkanes of at least 4 members (excludes halogenated alkanes) is 3. The van der Waals surface area contributed by atoms with E-state index in [0.717, 1.165) is 31.0 Å². The minimum Gasteiger partial charge on any atom is -0.400 e. The Balaban J connectivity index is 2.73. The van der Waals surface area contributed by atoms with Crippen molar-refractivity contribution in [2.75, 3.05) is 0 Å². The zero-order chi connectivity index (χ0) is 16.3. The molecule has 1 aliphatic heterocycles. The van der Waals surface area contributed by atoms with E-state index in [1.54, 1.807) is 0 Å². The van der Waals surface area contributed by atoms with Gasteiger partial charge in [-0.15, -0.1) is 6.58 Å². The maximum Gasteiger partial charge on any atom is 0.490 e. The Hall–Kier alpha value is -0.605. The number of hydrogen-bond acceptors (Lipinski definition) is 3. The molecule has 0 aromatic carbocycles. The van der Waals surface area contributed by atoms with Crippen LogP contribution in [0, 0.1) is 5.41 Å². The quantitative estimate of drug-likeness (QED) is 0.379. The minimum atomic E-state index is -0.574. The SMILES string of the molecule is C=C(B1OC(C)(C)C(C)(C)O1)C(C)(C=O)CCCCCC. The molecular weight excluding hydrogens is 263 g/mol. The van der Waals surface area contributed by atoms with Crippen LogP contribution in [0.2, 0.25) is 0 Å². The van der Waals surface area contributed by atoms with Gasteiger partial charge in [-0.3, -0.25) is 0 Å². The zero-order valence-electron chi connectivity index (χ0n) is 14.6. The van der Waals surface area contributed by atoms with E-state index < -0.39 is 23.7 Å². The molecule has 3 nitrogen and oxygen atoms in total. The summed E-state index contributed by atoms with van der Waals surface area (Å²) in [6.45, 7) is 16.3. The van der Waals surface area contributed by atoms with E-state index in [0.29, 0.717) is 0 Å². The molecule has 0 aromatic heterocycles. The number of aldehydes is 1. The molecule has 1 rings (SSSR count). The van der Waals surface area contributed by atoms with Crippen LogP contribution in [-0.4, -0.2) is 24.6 Å². The molecule has 1 heterocycles. The van der Waals surface area contributed by atoms with E-state index in [2.05, 4.69) is 13.5 Å². The molecule has 0 saturated carbocycles. The second-order valence-corrected chi connectivity index (χ2v) is 7.46. The van der Waals surface area contributed by atoms with Gasteiger partial charge < -0.3 is 14.1 Å². The Kier molecular flexibility index (Phi) is 5.85. The topological polar surface area (TPSA) is 35.5 Å². The lowest BCUT2D eigenvalue weighted by atomic mass is 9.62. The highest BCUT2D eigenvalue weighted by Crippen LogP contribution is 2.42. The largest absolute Gasteiger partial charge is 0.490 e. The van der Waals surface area contributed by atoms with Gasteiger partial charge in [-0.05, 0) is 46.5 Å². The Labute approximate surface area is 130 Å². The minimum absolute atomic E-state index is 0.396. The summed E-state index contributed by atoms with van der Waals surface area (Å²) in [5.74, 6) is 0. The van der Waals surface area contributed by atoms with Crippen molar-refractivity contribution >= 4 is 13.4 Å². The Morgan fingerprint density at radius 2 is 1.67 bits per heavy atom. The smallest absolute Gasteiger partial charge is 0.400 e. The zero-order valence-corrected chi connectivity index (χ0v) is 14.6. The fourth-order valence-electron chi connectivity index (χ4n) is 2.47. The van der Waals surface area contributed by atoms with Gasteiger partial charge in [-0.2, -0.15) is 0 Å². The number of carbonyl (C=O) groups is 1. The first-order chi connectivity index (χ1) is 9.59. The molecular formula is C17H31BO3. The first kappa shape index (κ1) is 18.4. The highest BCUT2D eigenvalue weighted by atomic mass is 16.7. The standard InChI is InChI=1S/C17H31BO3/c1-8-9-10-11-12-17(7,13-19)14(2)18-20-15(3,4)16(5,6)21-18/h13H,2,8-12H2,1,3-7H3. The van der Waals surface area contributed by atoms with Crippen LogP contribution >= 0.6 is 0 Å². The van der Waals surface area contributed by atoms with Crippen molar-refractivity contribution in [3.05, 3.63) is 12.1 Å². The van der Waals surface area contributed by atoms with Crippen LogP contribution in [0.25, 0.3) is 0 Å². The Morgan fingerprint density at radius 3 is 2.10 bits per heavy atom. The van der Waals surface area contributed by atoms with Crippen molar-refractivity contribution in [3.63, 3.8) is 0 Å². The summed E-state index contributed by atoms with van der Waals surface area (Å²) in [5, 5.41) is 0. The Bertz CT molecular complexity index is 373. The molecule has 0 amide bonds. The third-order valence-corrected chi connectivity index (χ3v) is 5.08. The number of rotatable bonds is 8. The van der Waals surface area contributed by atoms with Gasteiger partial charge in [0.2, 0.25) is 0 Å². The molecule has 0 bridgehead atoms. The van der Waals surface area contributed by atoms with Gasteiger partial charge in [0, 0.05) is 5.41 Å². The molecule has 1 unspecified atom stereocenters. The highest BCUT2D eigenvalue weighted by molar-refractivity contribution is 6.55. The summed E-state index contributed by atoms with van der Waals surface area (Å²) in [6.07, 6.45) is 6.39. The molecule has 1 fully saturated rings. The summed E-state index contributed by atoms with van der Waals surface area (Å²) in [6, 6.07) is 0. The van der Waals surface area contributed by atoms with Crippen molar-refractivity contribution in [2.24, 2.45) is 5.41 Å². The fraction of sp³-hybridized carbons (Fsp3) is 0.824. The third kappa shape index (κ3) is 3.98. The molecule has 0 radical (unpaired) electrons. The average Bonchev–Trinajstić information content (AvgIpc) is 2.62. The monoisotopic (exact) mass is 294 g/mol. The van der Waals surface area contributed by atoms with Crippen molar-refractivity contribution in [1.29, 1.82) is 0 Å². The maximum atomic E-state index is 11.6. The van der Waals surface area contributed by atoms with Crippen LogP contribution < -0.4 is 0 Å². The molecule has 1 aliphatic rings. The summed E-state index contributed by atoms with van der Waals surface area (Å²) in [7, 11) is -0.503. The van der Waals surface area contributed by atoms with Crippen LogP contribution in [-0.2, 0) is 14.1 Å². The van der Waals surface area contributed by atoms with Gasteiger partial charge in [-0.25, -0.2) is 0 Å². The van der Waals surface area contributed by atoms with Crippen molar-refractivity contribution in [3.8, 4) is 0 Å². The van der Waals surface area contributed by atoms with Crippen LogP contribution in [0.1, 0.15) is 73.6 Å². The van der Waals surface area contributed by atoms with Crippen LogP contribution in [0.3, 0.4) is 0 Å². The fourth-order valence-corrected chi connectivity index (χ4v) is 2.47. The van der Waals surface area contributed by atoms with Crippen molar-refractivity contribution < 1.29 is 14.1 Å². The first-order valence-electron chi connectivity index (χ1n) is 8.11. The van der Waals surface area contributed by atoms with Gasteiger partial charge in [0.15, 0.2) is 0 Å². The van der Waals surface area contributed by atoms with Crippen molar-refractivity contribution in [1.82, 2.24) is 0 Å². The van der Waals surface area contributed by atoms with Gasteiger partial charge in [-0.1, -0.05) is 32.6 Å². The van der Waals surface area contributed by atoms with E-state index in [1.165, 1.54) is 12.8 Å². The first-order valence-corrected chi connectivity index (χ1v) is 8.11. The highest BCUT2D eigenvalue weighted by Gasteiger charge is 2.54. The van der Waals surface area contributed by atoms with E-state index >= 15 is 0 Å². The molecule has 0 spiro atoms. The average molecular weight is 294 g/mol. The van der Waals surface area contributed by atoms with Gasteiger partial charge in [0.25, 0.3) is 0 Å². The van der Waals surface area contributed by atoms with Crippen LogP contribution in [0.5, 0.6) is 0 Å². The number of allylic oxidation sites excluding steroid dienone is 1. The van der Waals surface area contributed by atoms with Crippen molar-refractivity contribution in [2.45, 2.75) is 84.8 Å². The molecule has 21 heavy (non-hydrogen) atoms. The van der Waals surface area contributed by atoms with E-state index in [-0.39, 0.29) is 0 Å². The van der Waals surface area contributed by atoms with Gasteiger partial charge in [0.1, 0.15) is 6.29 Å². The van der Waals surface area contributed by atoms with E-state index in [9.17, 15) is 4.79 Å². The molecule has 0 aliphatic carbocycles. The molecule has 120 valence electrons. The predicted octanol–water partition coefficient (Wildman–Crippen LogP) is 4.35. The maximum absolute atomic E-state index is 11.6. The Morgan fingerprint density at radius 1 is 1.14 bits per heavy atom. The lowest BCUT2D eigenvalue weighted by Crippen LogP contribution is -2.41. The molecule has 1 saturated heterocycles. The summed E-state index contributed by atoms with van der Waals surface area (Å²) >= 11 is 0. The molecule has 0 aromatic rings. The number of carbonyl (C=O) groups excluding carboxylic acids is 1. The third-order valence-electron chi connectivity index (χ3n) is 5.08. The normalized spacial score (nSPS) is 22.9. The van der Waals surface area contributed by atoms with Gasteiger partial charge in [0.05, 0.1) is 11.2 Å². The predicted molar refractivity (Wildman–Crippen MR) is 88.2 cm³/mol.